The maximum atomic E-state index is 13.9. The van der Waals surface area contributed by atoms with Crippen molar-refractivity contribution in [2.75, 3.05) is 18.0 Å². The summed E-state index contributed by atoms with van der Waals surface area (Å²) in [6, 6.07) is 18.3. The smallest absolute Gasteiger partial charge is 0.264 e. The minimum Gasteiger partial charge on any atom is -0.497 e. The fourth-order valence-electron chi connectivity index (χ4n) is 3.83. The van der Waals surface area contributed by atoms with Crippen molar-refractivity contribution in [3.63, 3.8) is 0 Å². The Labute approximate surface area is 239 Å². The number of methoxy groups -OCH3 is 1. The van der Waals surface area contributed by atoms with Crippen LogP contribution in [0, 0.1) is 0 Å². The van der Waals surface area contributed by atoms with Crippen LogP contribution in [0.3, 0.4) is 0 Å². The molecule has 0 saturated carbocycles. The number of nitrogens with one attached hydrogen (secondary N) is 1. The van der Waals surface area contributed by atoms with Crippen molar-refractivity contribution in [2.45, 2.75) is 44.3 Å². The van der Waals surface area contributed by atoms with E-state index in [2.05, 4.69) is 5.32 Å². The van der Waals surface area contributed by atoms with E-state index in [9.17, 15) is 18.0 Å². The fourth-order valence-corrected chi connectivity index (χ4v) is 5.73. The van der Waals surface area contributed by atoms with Crippen LogP contribution in [0.4, 0.5) is 5.69 Å². The third-order valence-corrected chi connectivity index (χ3v) is 8.50. The lowest BCUT2D eigenvalue weighted by atomic mass is 10.1. The summed E-state index contributed by atoms with van der Waals surface area (Å²) in [6.07, 6.45) is 0. The van der Waals surface area contributed by atoms with Crippen LogP contribution < -0.4 is 14.4 Å². The van der Waals surface area contributed by atoms with E-state index in [1.54, 1.807) is 62.6 Å². The van der Waals surface area contributed by atoms with E-state index in [0.717, 1.165) is 9.87 Å². The second-order valence-corrected chi connectivity index (χ2v) is 11.8. The molecule has 1 atom stereocenters. The second kappa shape index (κ2) is 13.2. The Morgan fingerprint density at radius 2 is 1.56 bits per heavy atom. The third-order valence-electron chi connectivity index (χ3n) is 5.92. The molecule has 39 heavy (non-hydrogen) atoms. The molecule has 0 radical (unpaired) electrons. The van der Waals surface area contributed by atoms with Crippen LogP contribution in [0.2, 0.25) is 10.0 Å². The first-order valence-corrected chi connectivity index (χ1v) is 14.4. The van der Waals surface area contributed by atoms with Crippen LogP contribution in [0.1, 0.15) is 26.3 Å². The molecular formula is C28H31Cl2N3O5S. The van der Waals surface area contributed by atoms with Crippen LogP contribution in [-0.4, -0.2) is 50.9 Å². The SMILES string of the molecule is COc1ccc(CN(C(=O)CN(c2cccc(Cl)c2Cl)S(=O)(=O)c2ccccc2)C(C)C(=O)NC(C)C)cc1. The minimum absolute atomic E-state index is 0.0150. The number of benzene rings is 3. The zero-order chi connectivity index (χ0) is 28.7. The summed E-state index contributed by atoms with van der Waals surface area (Å²) in [5, 5.41) is 2.94. The van der Waals surface area contributed by atoms with Crippen LogP contribution >= 0.6 is 23.2 Å². The van der Waals surface area contributed by atoms with Gasteiger partial charge in [0.25, 0.3) is 10.0 Å². The predicted octanol–water partition coefficient (Wildman–Crippen LogP) is 5.14. The van der Waals surface area contributed by atoms with E-state index in [4.69, 9.17) is 27.9 Å². The van der Waals surface area contributed by atoms with Crippen molar-refractivity contribution in [3.05, 3.63) is 88.4 Å². The van der Waals surface area contributed by atoms with Crippen molar-refractivity contribution in [1.82, 2.24) is 10.2 Å². The van der Waals surface area contributed by atoms with Gasteiger partial charge in [0.05, 0.1) is 27.7 Å². The van der Waals surface area contributed by atoms with Crippen molar-refractivity contribution >= 4 is 50.7 Å². The van der Waals surface area contributed by atoms with E-state index >= 15 is 0 Å². The molecule has 0 aliphatic carbocycles. The molecule has 3 aromatic rings. The number of carbonyl (C=O) groups is 2. The number of hydrogen-bond acceptors (Lipinski definition) is 5. The van der Waals surface area contributed by atoms with Gasteiger partial charge >= 0.3 is 0 Å². The first-order valence-electron chi connectivity index (χ1n) is 12.2. The number of nitrogens with zero attached hydrogens (tertiary/aromatic N) is 2. The highest BCUT2D eigenvalue weighted by molar-refractivity contribution is 7.92. The number of amides is 2. The molecule has 2 amide bonds. The van der Waals surface area contributed by atoms with Gasteiger partial charge in [0.2, 0.25) is 11.8 Å². The first-order chi connectivity index (χ1) is 18.4. The molecule has 1 N–H and O–H groups in total. The monoisotopic (exact) mass is 591 g/mol. The molecule has 0 heterocycles. The van der Waals surface area contributed by atoms with Gasteiger partial charge in [-0.1, -0.05) is 59.6 Å². The highest BCUT2D eigenvalue weighted by Crippen LogP contribution is 2.35. The number of anilines is 1. The summed E-state index contributed by atoms with van der Waals surface area (Å²) >= 11 is 12.6. The lowest BCUT2D eigenvalue weighted by molar-refractivity contribution is -0.139. The van der Waals surface area contributed by atoms with E-state index in [-0.39, 0.29) is 39.1 Å². The summed E-state index contributed by atoms with van der Waals surface area (Å²) < 4.78 is 33.7. The molecule has 0 saturated heterocycles. The number of ether oxygens (including phenoxy) is 1. The molecule has 11 heteroatoms. The lowest BCUT2D eigenvalue weighted by Crippen LogP contribution is -2.52. The molecule has 0 aliphatic rings. The molecular weight excluding hydrogens is 561 g/mol. The number of halogens is 2. The Kier molecular flexibility index (Phi) is 10.2. The third kappa shape index (κ3) is 7.44. The molecule has 3 rings (SSSR count). The first kappa shape index (κ1) is 30.3. The zero-order valence-corrected chi connectivity index (χ0v) is 24.4. The van der Waals surface area contributed by atoms with Gasteiger partial charge in [-0.05, 0) is 62.7 Å². The van der Waals surface area contributed by atoms with Gasteiger partial charge in [0, 0.05) is 12.6 Å². The molecule has 208 valence electrons. The predicted molar refractivity (Wildman–Crippen MR) is 154 cm³/mol. The molecule has 1 unspecified atom stereocenters. The minimum atomic E-state index is -4.24. The average Bonchev–Trinajstić information content (AvgIpc) is 2.92. The molecule has 0 aromatic heterocycles. The van der Waals surface area contributed by atoms with Gasteiger partial charge in [-0.25, -0.2) is 8.42 Å². The van der Waals surface area contributed by atoms with E-state index in [1.165, 1.54) is 29.2 Å². The van der Waals surface area contributed by atoms with Crippen LogP contribution in [0.15, 0.2) is 77.7 Å². The number of sulfonamides is 1. The van der Waals surface area contributed by atoms with Crippen LogP contribution in [0.25, 0.3) is 0 Å². The molecule has 0 bridgehead atoms. The Morgan fingerprint density at radius 3 is 2.15 bits per heavy atom. The lowest BCUT2D eigenvalue weighted by Gasteiger charge is -2.32. The Hall–Kier alpha value is -3.27. The Balaban J connectivity index is 2.05. The van der Waals surface area contributed by atoms with Gasteiger partial charge in [0.1, 0.15) is 18.3 Å². The Morgan fingerprint density at radius 1 is 0.923 bits per heavy atom. The van der Waals surface area contributed by atoms with E-state index < -0.39 is 28.5 Å². The zero-order valence-electron chi connectivity index (χ0n) is 22.1. The van der Waals surface area contributed by atoms with Crippen molar-refractivity contribution in [1.29, 1.82) is 0 Å². The van der Waals surface area contributed by atoms with Crippen molar-refractivity contribution in [2.24, 2.45) is 0 Å². The standard InChI is InChI=1S/C28H31Cl2N3O5S/c1-19(2)31-28(35)20(3)32(17-21-13-15-22(38-4)16-14-21)26(34)18-33(25-12-8-11-24(29)27(25)30)39(36,37)23-9-6-5-7-10-23/h5-16,19-20H,17-18H2,1-4H3,(H,31,35). The van der Waals surface area contributed by atoms with Gasteiger partial charge in [-0.15, -0.1) is 0 Å². The topological polar surface area (TPSA) is 96.0 Å². The summed E-state index contributed by atoms with van der Waals surface area (Å²) in [5.41, 5.74) is 0.775. The number of hydrogen-bond donors (Lipinski definition) is 1. The van der Waals surface area contributed by atoms with E-state index in [0.29, 0.717) is 5.75 Å². The van der Waals surface area contributed by atoms with Gasteiger partial charge < -0.3 is 15.0 Å². The molecule has 0 aliphatic heterocycles. The largest absolute Gasteiger partial charge is 0.497 e. The second-order valence-electron chi connectivity index (χ2n) is 9.11. The maximum absolute atomic E-state index is 13.9. The summed E-state index contributed by atoms with van der Waals surface area (Å²) in [5.74, 6) is -0.337. The Bertz CT molecular complexity index is 1400. The van der Waals surface area contributed by atoms with Gasteiger partial charge in [0.15, 0.2) is 0 Å². The fraction of sp³-hybridized carbons (Fsp3) is 0.286. The van der Waals surface area contributed by atoms with Crippen molar-refractivity contribution in [3.8, 4) is 5.75 Å². The summed E-state index contributed by atoms with van der Waals surface area (Å²) in [4.78, 5) is 28.2. The molecule has 0 spiro atoms. The number of carbonyl (C=O) groups excluding carboxylic acids is 2. The van der Waals surface area contributed by atoms with E-state index in [1.807, 2.05) is 13.8 Å². The maximum Gasteiger partial charge on any atom is 0.264 e. The molecule has 0 fully saturated rings. The van der Waals surface area contributed by atoms with Gasteiger partial charge in [-0.3, -0.25) is 13.9 Å². The highest BCUT2D eigenvalue weighted by atomic mass is 35.5. The molecule has 3 aromatic carbocycles. The van der Waals surface area contributed by atoms with Crippen molar-refractivity contribution < 1.29 is 22.7 Å². The number of rotatable bonds is 11. The quantitative estimate of drug-likeness (QED) is 0.333. The van der Waals surface area contributed by atoms with Crippen LogP contribution in [-0.2, 0) is 26.2 Å². The summed E-state index contributed by atoms with van der Waals surface area (Å²) in [7, 11) is -2.70. The normalized spacial score (nSPS) is 12.1. The molecule has 8 nitrogen and oxygen atoms in total. The van der Waals surface area contributed by atoms with Gasteiger partial charge in [-0.2, -0.15) is 0 Å². The summed E-state index contributed by atoms with van der Waals surface area (Å²) in [6.45, 7) is 4.66. The van der Waals surface area contributed by atoms with Crippen LogP contribution in [0.5, 0.6) is 5.75 Å². The highest BCUT2D eigenvalue weighted by Gasteiger charge is 2.33. The average molecular weight is 593 g/mol.